The van der Waals surface area contributed by atoms with Crippen molar-refractivity contribution in [3.05, 3.63) is 63.7 Å². The maximum atomic E-state index is 12.8. The van der Waals surface area contributed by atoms with Gasteiger partial charge in [-0.3, -0.25) is 4.40 Å². The van der Waals surface area contributed by atoms with Gasteiger partial charge in [-0.1, -0.05) is 6.07 Å². The molecule has 0 aliphatic heterocycles. The maximum absolute atomic E-state index is 12.8. The van der Waals surface area contributed by atoms with Crippen LogP contribution >= 0.6 is 15.9 Å². The highest BCUT2D eigenvalue weighted by atomic mass is 79.9. The molecule has 2 aromatic heterocycles. The van der Waals surface area contributed by atoms with E-state index in [1.165, 1.54) is 25.4 Å². The molecule has 2 heterocycles. The Kier molecular flexibility index (Phi) is 5.31. The molecule has 0 saturated carbocycles. The van der Waals surface area contributed by atoms with Crippen LogP contribution in [0.15, 0.2) is 57.2 Å². The normalized spacial score (nSPS) is 13.4. The minimum Gasteiger partial charge on any atom is -0.595 e. The highest BCUT2D eigenvalue weighted by Crippen LogP contribution is 2.22. The summed E-state index contributed by atoms with van der Waals surface area (Å²) < 4.78 is 29.0. The van der Waals surface area contributed by atoms with Crippen LogP contribution in [0.5, 0.6) is 0 Å². The molecule has 0 saturated heterocycles. The van der Waals surface area contributed by atoms with Crippen molar-refractivity contribution >= 4 is 43.5 Å². The van der Waals surface area contributed by atoms with Crippen LogP contribution in [0.4, 0.5) is 5.69 Å². The first-order valence-corrected chi connectivity index (χ1v) is 9.93. The number of halogens is 1. The summed E-state index contributed by atoms with van der Waals surface area (Å²) in [5.41, 5.74) is 1.60. The molecule has 1 atom stereocenters. The number of quaternary nitrogens is 1. The minimum atomic E-state index is -4.01. The lowest BCUT2D eigenvalue weighted by Gasteiger charge is -2.17. The first-order chi connectivity index (χ1) is 12.7. The SMILES string of the molecule is Cc1ccc([NH+]([O-])O)cc1S(=O)(=O)N(C)/N=C/c1cnc2ccc(Br)cn12. The quantitative estimate of drug-likeness (QED) is 0.448. The molecule has 3 aromatic rings. The van der Waals surface area contributed by atoms with E-state index >= 15 is 0 Å². The van der Waals surface area contributed by atoms with E-state index in [4.69, 9.17) is 5.21 Å². The summed E-state index contributed by atoms with van der Waals surface area (Å²) in [5, 5.41) is 23.1. The standard InChI is InChI=1S/C16H16BrN5O4S/c1-11-3-5-13(22(23)24)7-15(11)27(25,26)20(2)19-9-14-8-18-16-6-4-12(17)10-21(14)16/h3-10,22-23H,1-2H3/b19-9+. The van der Waals surface area contributed by atoms with Crippen molar-refractivity contribution < 1.29 is 18.9 Å². The molecule has 27 heavy (non-hydrogen) atoms. The number of aromatic nitrogens is 2. The fraction of sp³-hybridized carbons (Fsp3) is 0.125. The fourth-order valence-electron chi connectivity index (χ4n) is 2.42. The first kappa shape index (κ1) is 19.5. The number of pyridine rings is 1. The van der Waals surface area contributed by atoms with Crippen molar-refractivity contribution in [3.63, 3.8) is 0 Å². The highest BCUT2D eigenvalue weighted by Gasteiger charge is 2.23. The third kappa shape index (κ3) is 3.87. The van der Waals surface area contributed by atoms with Gasteiger partial charge in [0.05, 0.1) is 23.0 Å². The van der Waals surface area contributed by atoms with E-state index in [0.29, 0.717) is 16.9 Å². The van der Waals surface area contributed by atoms with Crippen molar-refractivity contribution in [2.24, 2.45) is 5.10 Å². The Morgan fingerprint density at radius 3 is 2.81 bits per heavy atom. The highest BCUT2D eigenvalue weighted by molar-refractivity contribution is 9.10. The molecule has 0 amide bonds. The van der Waals surface area contributed by atoms with Crippen LogP contribution in [0.1, 0.15) is 11.3 Å². The largest absolute Gasteiger partial charge is 0.595 e. The van der Waals surface area contributed by atoms with E-state index in [-0.39, 0.29) is 10.6 Å². The van der Waals surface area contributed by atoms with E-state index in [1.54, 1.807) is 23.7 Å². The van der Waals surface area contributed by atoms with Gasteiger partial charge in [0, 0.05) is 29.8 Å². The molecule has 0 fully saturated rings. The van der Waals surface area contributed by atoms with Gasteiger partial charge in [-0.2, -0.15) is 23.2 Å². The lowest BCUT2D eigenvalue weighted by atomic mass is 10.2. The second-order valence-corrected chi connectivity index (χ2v) is 8.56. The molecule has 0 bridgehead atoms. The summed E-state index contributed by atoms with van der Waals surface area (Å²) in [6.07, 6.45) is 4.74. The Morgan fingerprint density at radius 1 is 1.37 bits per heavy atom. The number of sulfonamides is 1. The van der Waals surface area contributed by atoms with Gasteiger partial charge in [0.1, 0.15) is 5.65 Å². The van der Waals surface area contributed by atoms with Gasteiger partial charge < -0.3 is 5.21 Å². The summed E-state index contributed by atoms with van der Waals surface area (Å²) >= 11 is 3.37. The molecule has 0 aliphatic rings. The van der Waals surface area contributed by atoms with E-state index in [9.17, 15) is 13.6 Å². The summed E-state index contributed by atoms with van der Waals surface area (Å²) in [6.45, 7) is 1.60. The molecule has 11 heteroatoms. The third-order valence-corrected chi connectivity index (χ3v) is 6.17. The molecular formula is C16H16BrN5O4S. The number of hydrogen-bond donors (Lipinski definition) is 2. The Labute approximate surface area is 163 Å². The fourth-order valence-corrected chi connectivity index (χ4v) is 3.97. The van der Waals surface area contributed by atoms with E-state index in [0.717, 1.165) is 15.0 Å². The number of nitrogens with one attached hydrogen (secondary N) is 1. The molecule has 142 valence electrons. The Hall–Kier alpha value is -2.31. The lowest BCUT2D eigenvalue weighted by molar-refractivity contribution is -0.991. The molecule has 2 N–H and O–H groups in total. The van der Waals surface area contributed by atoms with Crippen LogP contribution in [-0.2, 0) is 10.0 Å². The van der Waals surface area contributed by atoms with Gasteiger partial charge in [-0.25, -0.2) is 10.2 Å². The number of hydrazone groups is 1. The van der Waals surface area contributed by atoms with E-state index < -0.39 is 15.2 Å². The second kappa shape index (κ2) is 7.37. The Balaban J connectivity index is 1.95. The lowest BCUT2D eigenvalue weighted by Crippen LogP contribution is -2.99. The van der Waals surface area contributed by atoms with E-state index in [1.807, 2.05) is 12.1 Å². The van der Waals surface area contributed by atoms with Gasteiger partial charge in [0.15, 0.2) is 5.69 Å². The summed E-state index contributed by atoms with van der Waals surface area (Å²) in [6, 6.07) is 7.59. The molecule has 3 rings (SSSR count). The number of benzene rings is 1. The first-order valence-electron chi connectivity index (χ1n) is 7.69. The minimum absolute atomic E-state index is 0.108. The Bertz CT molecular complexity index is 1130. The zero-order valence-electron chi connectivity index (χ0n) is 14.4. The smallest absolute Gasteiger partial charge is 0.279 e. The number of fused-ring (bicyclic) bond motifs is 1. The van der Waals surface area contributed by atoms with Gasteiger partial charge >= 0.3 is 0 Å². The van der Waals surface area contributed by atoms with Gasteiger partial charge in [0.2, 0.25) is 0 Å². The predicted molar refractivity (Wildman–Crippen MR) is 102 cm³/mol. The summed E-state index contributed by atoms with van der Waals surface area (Å²) in [4.78, 5) is 4.11. The number of rotatable bonds is 5. The average Bonchev–Trinajstić information content (AvgIpc) is 3.01. The van der Waals surface area contributed by atoms with Crippen molar-refractivity contribution in [1.82, 2.24) is 13.8 Å². The molecule has 0 radical (unpaired) electrons. The zero-order valence-corrected chi connectivity index (χ0v) is 16.8. The molecule has 9 nitrogen and oxygen atoms in total. The second-order valence-electron chi connectivity index (χ2n) is 5.73. The van der Waals surface area contributed by atoms with Gasteiger partial charge in [-0.15, -0.1) is 0 Å². The van der Waals surface area contributed by atoms with Crippen LogP contribution < -0.4 is 5.23 Å². The van der Waals surface area contributed by atoms with Crippen LogP contribution in [0.3, 0.4) is 0 Å². The number of nitrogens with zero attached hydrogens (tertiary/aromatic N) is 4. The summed E-state index contributed by atoms with van der Waals surface area (Å²) in [5.74, 6) is 0. The predicted octanol–water partition coefficient (Wildman–Crippen LogP) is 1.46. The van der Waals surface area contributed by atoms with Gasteiger partial charge in [-0.05, 0) is 40.5 Å². The molecule has 0 spiro atoms. The topological polar surface area (TPSA) is 115 Å². The third-order valence-electron chi connectivity index (χ3n) is 3.91. The summed E-state index contributed by atoms with van der Waals surface area (Å²) in [7, 11) is -2.72. The van der Waals surface area contributed by atoms with Crippen LogP contribution in [0.2, 0.25) is 0 Å². The zero-order chi connectivity index (χ0) is 19.8. The van der Waals surface area contributed by atoms with Crippen molar-refractivity contribution in [2.45, 2.75) is 11.8 Å². The Morgan fingerprint density at radius 2 is 2.11 bits per heavy atom. The molecular weight excluding hydrogens is 438 g/mol. The number of hydrogen-bond acceptors (Lipinski definition) is 6. The monoisotopic (exact) mass is 453 g/mol. The van der Waals surface area contributed by atoms with Crippen molar-refractivity contribution in [3.8, 4) is 0 Å². The molecule has 1 aromatic carbocycles. The average molecular weight is 454 g/mol. The molecule has 0 aliphatic carbocycles. The van der Waals surface area contributed by atoms with E-state index in [2.05, 4.69) is 26.0 Å². The molecule has 1 unspecified atom stereocenters. The van der Waals surface area contributed by atoms with Crippen LogP contribution in [-0.4, -0.2) is 40.7 Å². The van der Waals surface area contributed by atoms with Crippen LogP contribution in [0.25, 0.3) is 5.65 Å². The van der Waals surface area contributed by atoms with Crippen LogP contribution in [0, 0.1) is 12.1 Å². The van der Waals surface area contributed by atoms with Gasteiger partial charge in [0.25, 0.3) is 10.0 Å². The number of imidazole rings is 1. The van der Waals surface area contributed by atoms with Crippen molar-refractivity contribution in [2.75, 3.05) is 7.05 Å². The van der Waals surface area contributed by atoms with Crippen molar-refractivity contribution in [1.29, 1.82) is 0 Å². The maximum Gasteiger partial charge on any atom is 0.279 e. The number of aryl methyl sites for hydroxylation is 1.